The fourth-order valence-electron chi connectivity index (χ4n) is 2.66. The Kier molecular flexibility index (Phi) is 8.99. The van der Waals surface area contributed by atoms with Gasteiger partial charge in [0.1, 0.15) is 5.75 Å². The molecule has 0 aromatic heterocycles. The van der Waals surface area contributed by atoms with Crippen molar-refractivity contribution < 1.29 is 9.53 Å². The van der Waals surface area contributed by atoms with E-state index in [0.29, 0.717) is 0 Å². The average Bonchev–Trinajstić information content (AvgIpc) is 2.58. The molecule has 1 atom stereocenters. The van der Waals surface area contributed by atoms with Crippen LogP contribution in [-0.2, 0) is 4.79 Å². The van der Waals surface area contributed by atoms with Crippen LogP contribution in [0.25, 0.3) is 0 Å². The van der Waals surface area contributed by atoms with Crippen LogP contribution in [0.5, 0.6) is 5.75 Å². The van der Waals surface area contributed by atoms with Crippen LogP contribution < -0.4 is 15.4 Å². The summed E-state index contributed by atoms with van der Waals surface area (Å²) in [5, 5.41) is 6.38. The predicted octanol–water partition coefficient (Wildman–Crippen LogP) is 1.63. The van der Waals surface area contributed by atoms with E-state index in [1.165, 1.54) is 0 Å². The lowest BCUT2D eigenvalue weighted by molar-refractivity contribution is -0.122. The van der Waals surface area contributed by atoms with E-state index < -0.39 is 0 Å². The molecular formula is C17H28ClN3O2. The first kappa shape index (κ1) is 19.7. The monoisotopic (exact) mass is 341 g/mol. The van der Waals surface area contributed by atoms with E-state index in [1.807, 2.05) is 31.2 Å². The van der Waals surface area contributed by atoms with Crippen LogP contribution in [0, 0.1) is 0 Å². The van der Waals surface area contributed by atoms with Crippen LogP contribution in [0.2, 0.25) is 0 Å². The topological polar surface area (TPSA) is 53.6 Å². The molecule has 0 saturated carbocycles. The van der Waals surface area contributed by atoms with E-state index >= 15 is 0 Å². The summed E-state index contributed by atoms with van der Waals surface area (Å²) in [6, 6.07) is 7.70. The molecule has 1 amide bonds. The lowest BCUT2D eigenvalue weighted by Gasteiger charge is -2.27. The minimum absolute atomic E-state index is 0. The Hall–Kier alpha value is -1.30. The molecule has 0 bridgehead atoms. The van der Waals surface area contributed by atoms with Crippen LogP contribution in [0.3, 0.4) is 0 Å². The molecule has 130 valence electrons. The van der Waals surface area contributed by atoms with Crippen LogP contribution >= 0.6 is 12.4 Å². The molecule has 1 fully saturated rings. The first-order valence-electron chi connectivity index (χ1n) is 8.05. The number of methoxy groups -OCH3 is 1. The number of piperazine rings is 1. The largest absolute Gasteiger partial charge is 0.497 e. The fraction of sp³-hybridized carbons (Fsp3) is 0.588. The van der Waals surface area contributed by atoms with E-state index in [2.05, 4.69) is 15.5 Å². The van der Waals surface area contributed by atoms with Gasteiger partial charge in [-0.15, -0.1) is 12.4 Å². The van der Waals surface area contributed by atoms with Crippen LogP contribution in [-0.4, -0.2) is 57.2 Å². The molecule has 2 rings (SSSR count). The number of benzene rings is 1. The highest BCUT2D eigenvalue weighted by Gasteiger charge is 2.15. The van der Waals surface area contributed by atoms with Gasteiger partial charge in [-0.2, -0.15) is 0 Å². The number of nitrogens with one attached hydrogen (secondary N) is 2. The Balaban J connectivity index is 0.00000264. The van der Waals surface area contributed by atoms with Crippen molar-refractivity contribution in [1.82, 2.24) is 15.5 Å². The Labute approximate surface area is 145 Å². The standard InChI is InChI=1S/C17H27N3O2.ClH/c1-14(15-5-3-6-16(13-15)22-2)17(21)19-7-4-10-20-11-8-18-9-12-20;/h3,5-6,13-14,18H,4,7-12H2,1-2H3,(H,19,21);1H. The molecule has 0 aliphatic carbocycles. The lowest BCUT2D eigenvalue weighted by atomic mass is 10.00. The molecule has 2 N–H and O–H groups in total. The van der Waals surface area contributed by atoms with E-state index in [0.717, 1.165) is 57.0 Å². The first-order valence-corrected chi connectivity index (χ1v) is 8.05. The zero-order valence-electron chi connectivity index (χ0n) is 14.0. The van der Waals surface area contributed by atoms with Gasteiger partial charge in [-0.25, -0.2) is 0 Å². The van der Waals surface area contributed by atoms with Gasteiger partial charge >= 0.3 is 0 Å². The summed E-state index contributed by atoms with van der Waals surface area (Å²) >= 11 is 0. The number of amides is 1. The Bertz CT molecular complexity index is 479. The zero-order valence-corrected chi connectivity index (χ0v) is 14.8. The van der Waals surface area contributed by atoms with Gasteiger partial charge in [0.05, 0.1) is 13.0 Å². The normalized spacial score (nSPS) is 16.3. The third kappa shape index (κ3) is 6.37. The van der Waals surface area contributed by atoms with Crippen LogP contribution in [0.15, 0.2) is 24.3 Å². The number of carbonyl (C=O) groups excluding carboxylic acids is 1. The van der Waals surface area contributed by atoms with Crippen molar-refractivity contribution in [3.05, 3.63) is 29.8 Å². The van der Waals surface area contributed by atoms with Gasteiger partial charge in [0.15, 0.2) is 0 Å². The second-order valence-electron chi connectivity index (χ2n) is 5.73. The number of nitrogens with zero attached hydrogens (tertiary/aromatic N) is 1. The molecule has 1 heterocycles. The van der Waals surface area contributed by atoms with Gasteiger partial charge in [-0.05, 0) is 37.6 Å². The Morgan fingerprint density at radius 1 is 1.39 bits per heavy atom. The summed E-state index contributed by atoms with van der Waals surface area (Å²) < 4.78 is 5.21. The summed E-state index contributed by atoms with van der Waals surface area (Å²) in [4.78, 5) is 14.7. The molecule has 1 unspecified atom stereocenters. The summed E-state index contributed by atoms with van der Waals surface area (Å²) in [7, 11) is 1.64. The van der Waals surface area contributed by atoms with Crippen molar-refractivity contribution in [2.45, 2.75) is 19.3 Å². The zero-order chi connectivity index (χ0) is 15.8. The van der Waals surface area contributed by atoms with Crippen molar-refractivity contribution in [3.63, 3.8) is 0 Å². The second kappa shape index (κ2) is 10.5. The van der Waals surface area contributed by atoms with Crippen molar-refractivity contribution in [2.75, 3.05) is 46.4 Å². The second-order valence-corrected chi connectivity index (χ2v) is 5.73. The molecule has 0 spiro atoms. The molecule has 1 saturated heterocycles. The summed E-state index contributed by atoms with van der Waals surface area (Å²) in [6.45, 7) is 8.06. The van der Waals surface area contributed by atoms with Crippen molar-refractivity contribution in [3.8, 4) is 5.75 Å². The number of hydrogen-bond donors (Lipinski definition) is 2. The fourth-order valence-corrected chi connectivity index (χ4v) is 2.66. The molecule has 5 nitrogen and oxygen atoms in total. The van der Waals surface area contributed by atoms with E-state index in [1.54, 1.807) is 7.11 Å². The van der Waals surface area contributed by atoms with E-state index in [9.17, 15) is 4.79 Å². The molecule has 1 aliphatic rings. The maximum absolute atomic E-state index is 12.2. The van der Waals surface area contributed by atoms with Gasteiger partial charge in [0, 0.05) is 32.7 Å². The van der Waals surface area contributed by atoms with Gasteiger partial charge in [0.2, 0.25) is 5.91 Å². The molecule has 1 aromatic carbocycles. The maximum Gasteiger partial charge on any atom is 0.227 e. The number of carbonyl (C=O) groups is 1. The third-order valence-corrected chi connectivity index (χ3v) is 4.15. The van der Waals surface area contributed by atoms with Gasteiger partial charge in [-0.1, -0.05) is 12.1 Å². The Morgan fingerprint density at radius 2 is 2.13 bits per heavy atom. The van der Waals surface area contributed by atoms with Gasteiger partial charge in [0.25, 0.3) is 0 Å². The highest BCUT2D eigenvalue weighted by Crippen LogP contribution is 2.20. The van der Waals surface area contributed by atoms with E-state index in [-0.39, 0.29) is 24.2 Å². The third-order valence-electron chi connectivity index (χ3n) is 4.15. The summed E-state index contributed by atoms with van der Waals surface area (Å²) in [5.41, 5.74) is 0.985. The van der Waals surface area contributed by atoms with Gasteiger partial charge < -0.3 is 20.3 Å². The summed E-state index contributed by atoms with van der Waals surface area (Å²) in [6.07, 6.45) is 0.997. The predicted molar refractivity (Wildman–Crippen MR) is 95.6 cm³/mol. The maximum atomic E-state index is 12.2. The van der Waals surface area contributed by atoms with E-state index in [4.69, 9.17) is 4.74 Å². The number of rotatable bonds is 7. The van der Waals surface area contributed by atoms with Gasteiger partial charge in [-0.3, -0.25) is 4.79 Å². The van der Waals surface area contributed by atoms with Crippen molar-refractivity contribution in [1.29, 1.82) is 0 Å². The van der Waals surface area contributed by atoms with Crippen molar-refractivity contribution >= 4 is 18.3 Å². The summed E-state index contributed by atoms with van der Waals surface area (Å²) in [5.74, 6) is 0.707. The smallest absolute Gasteiger partial charge is 0.227 e. The van der Waals surface area contributed by atoms with Crippen LogP contribution in [0.1, 0.15) is 24.8 Å². The Morgan fingerprint density at radius 3 is 2.83 bits per heavy atom. The molecular weight excluding hydrogens is 314 g/mol. The minimum atomic E-state index is -0.158. The minimum Gasteiger partial charge on any atom is -0.497 e. The number of ether oxygens (including phenoxy) is 1. The lowest BCUT2D eigenvalue weighted by Crippen LogP contribution is -2.44. The molecule has 1 aromatic rings. The molecule has 0 radical (unpaired) electrons. The van der Waals surface area contributed by atoms with Crippen molar-refractivity contribution in [2.24, 2.45) is 0 Å². The average molecular weight is 342 g/mol. The first-order chi connectivity index (χ1) is 10.7. The molecule has 6 heteroatoms. The highest BCUT2D eigenvalue weighted by atomic mass is 35.5. The highest BCUT2D eigenvalue weighted by molar-refractivity contribution is 5.85. The quantitative estimate of drug-likeness (QED) is 0.740. The molecule has 1 aliphatic heterocycles. The number of halogens is 1. The molecule has 23 heavy (non-hydrogen) atoms. The van der Waals surface area contributed by atoms with Crippen LogP contribution in [0.4, 0.5) is 0 Å². The number of hydrogen-bond acceptors (Lipinski definition) is 4. The SMILES string of the molecule is COc1cccc(C(C)C(=O)NCCCN2CCNCC2)c1.Cl.